The van der Waals surface area contributed by atoms with Gasteiger partial charge in [0, 0.05) is 19.3 Å². The molecule has 2 nitrogen and oxygen atoms in total. The molecule has 1 aromatic rings. The molecule has 0 fully saturated rings. The van der Waals surface area contributed by atoms with Crippen molar-refractivity contribution < 1.29 is 4.74 Å². The Labute approximate surface area is 112 Å². The molecule has 0 radical (unpaired) electrons. The first-order valence-corrected chi connectivity index (χ1v) is 6.99. The minimum atomic E-state index is 0.111. The van der Waals surface area contributed by atoms with Gasteiger partial charge in [-0.3, -0.25) is 0 Å². The molecule has 18 heavy (non-hydrogen) atoms. The zero-order valence-electron chi connectivity index (χ0n) is 11.9. The van der Waals surface area contributed by atoms with E-state index in [2.05, 4.69) is 32.9 Å². The zero-order chi connectivity index (χ0) is 13.4. The summed E-state index contributed by atoms with van der Waals surface area (Å²) in [7, 11) is 0. The molecule has 2 heteroatoms. The van der Waals surface area contributed by atoms with Gasteiger partial charge in [0.05, 0.1) is 0 Å². The second kappa shape index (κ2) is 8.28. The summed E-state index contributed by atoms with van der Waals surface area (Å²) in [6, 6.07) is 10.4. The van der Waals surface area contributed by atoms with Crippen LogP contribution in [0.25, 0.3) is 0 Å². The van der Waals surface area contributed by atoms with E-state index in [9.17, 15) is 0 Å². The fraction of sp³-hybridized carbons (Fsp3) is 0.625. The van der Waals surface area contributed by atoms with Crippen LogP contribution in [-0.4, -0.2) is 13.2 Å². The molecule has 0 aliphatic rings. The van der Waals surface area contributed by atoms with Crippen molar-refractivity contribution in [1.29, 1.82) is 0 Å². The Bertz CT molecular complexity index is 310. The van der Waals surface area contributed by atoms with Crippen LogP contribution < -0.4 is 5.73 Å². The highest BCUT2D eigenvalue weighted by Gasteiger charge is 2.14. The lowest BCUT2D eigenvalue weighted by atomic mass is 9.93. The topological polar surface area (TPSA) is 35.2 Å². The summed E-state index contributed by atoms with van der Waals surface area (Å²) >= 11 is 0. The number of nitrogens with two attached hydrogens (primary N) is 1. The molecular formula is C16H27NO. The molecule has 0 saturated heterocycles. The van der Waals surface area contributed by atoms with Gasteiger partial charge in [0.15, 0.2) is 0 Å². The van der Waals surface area contributed by atoms with E-state index < -0.39 is 0 Å². The third-order valence-corrected chi connectivity index (χ3v) is 3.35. The van der Waals surface area contributed by atoms with Gasteiger partial charge in [-0.25, -0.2) is 0 Å². The molecule has 0 aliphatic heterocycles. The van der Waals surface area contributed by atoms with Crippen molar-refractivity contribution in [2.75, 3.05) is 13.2 Å². The fourth-order valence-corrected chi connectivity index (χ4v) is 1.87. The van der Waals surface area contributed by atoms with E-state index in [0.29, 0.717) is 11.8 Å². The Morgan fingerprint density at radius 1 is 1.00 bits per heavy atom. The average molecular weight is 249 g/mol. The smallest absolute Gasteiger partial charge is 0.0469 e. The predicted molar refractivity (Wildman–Crippen MR) is 77.4 cm³/mol. The number of hydrogen-bond acceptors (Lipinski definition) is 2. The first kappa shape index (κ1) is 15.2. The quantitative estimate of drug-likeness (QED) is 0.712. The summed E-state index contributed by atoms with van der Waals surface area (Å²) in [6.07, 6.45) is 2.16. The van der Waals surface area contributed by atoms with Crippen LogP contribution in [0.1, 0.15) is 45.2 Å². The van der Waals surface area contributed by atoms with Crippen LogP contribution >= 0.6 is 0 Å². The van der Waals surface area contributed by atoms with Gasteiger partial charge in [-0.1, -0.05) is 51.1 Å². The maximum atomic E-state index is 6.25. The standard InChI is InChI=1S/C16H27NO/c1-13(2)9-11-18-12-10-14(3)16(17)15-7-5-4-6-8-15/h4-8,13-14,16H,9-12,17H2,1-3H3. The van der Waals surface area contributed by atoms with E-state index >= 15 is 0 Å². The van der Waals surface area contributed by atoms with Crippen molar-refractivity contribution in [3.05, 3.63) is 35.9 Å². The molecule has 0 aromatic heterocycles. The average Bonchev–Trinajstić information content (AvgIpc) is 2.38. The number of hydrogen-bond donors (Lipinski definition) is 1. The third kappa shape index (κ3) is 5.65. The van der Waals surface area contributed by atoms with Gasteiger partial charge in [0.2, 0.25) is 0 Å². The van der Waals surface area contributed by atoms with Crippen LogP contribution in [0.5, 0.6) is 0 Å². The maximum absolute atomic E-state index is 6.25. The fourth-order valence-electron chi connectivity index (χ4n) is 1.87. The summed E-state index contributed by atoms with van der Waals surface area (Å²) in [5.74, 6) is 1.17. The second-order valence-corrected chi connectivity index (χ2v) is 5.50. The molecule has 1 rings (SSSR count). The lowest BCUT2D eigenvalue weighted by Crippen LogP contribution is -2.20. The maximum Gasteiger partial charge on any atom is 0.0469 e. The van der Waals surface area contributed by atoms with Crippen molar-refractivity contribution >= 4 is 0 Å². The SMILES string of the molecule is CC(C)CCOCCC(C)C(N)c1ccccc1. The van der Waals surface area contributed by atoms with Gasteiger partial charge >= 0.3 is 0 Å². The van der Waals surface area contributed by atoms with Crippen LogP contribution in [0.4, 0.5) is 0 Å². The molecule has 2 atom stereocenters. The minimum absolute atomic E-state index is 0.111. The van der Waals surface area contributed by atoms with Gasteiger partial charge in [-0.2, -0.15) is 0 Å². The highest BCUT2D eigenvalue weighted by atomic mass is 16.5. The van der Waals surface area contributed by atoms with Crippen molar-refractivity contribution in [3.63, 3.8) is 0 Å². The number of benzene rings is 1. The van der Waals surface area contributed by atoms with Gasteiger partial charge in [-0.15, -0.1) is 0 Å². The van der Waals surface area contributed by atoms with E-state index in [1.165, 1.54) is 5.56 Å². The number of rotatable bonds is 8. The highest BCUT2D eigenvalue weighted by molar-refractivity contribution is 5.18. The molecule has 0 heterocycles. The summed E-state index contributed by atoms with van der Waals surface area (Å²) < 4.78 is 5.65. The monoisotopic (exact) mass is 249 g/mol. The first-order valence-electron chi connectivity index (χ1n) is 6.99. The summed E-state index contributed by atoms with van der Waals surface area (Å²) in [5, 5.41) is 0. The van der Waals surface area contributed by atoms with Crippen LogP contribution in [0.2, 0.25) is 0 Å². The normalized spacial score (nSPS) is 14.7. The van der Waals surface area contributed by atoms with E-state index in [-0.39, 0.29) is 6.04 Å². The van der Waals surface area contributed by atoms with Crippen molar-refractivity contribution in [1.82, 2.24) is 0 Å². The van der Waals surface area contributed by atoms with E-state index in [1.54, 1.807) is 0 Å². The second-order valence-electron chi connectivity index (χ2n) is 5.50. The molecule has 2 N–H and O–H groups in total. The summed E-state index contributed by atoms with van der Waals surface area (Å²) in [5.41, 5.74) is 7.46. The molecule has 0 amide bonds. The molecule has 0 saturated carbocycles. The van der Waals surface area contributed by atoms with Crippen LogP contribution in [0.15, 0.2) is 30.3 Å². The minimum Gasteiger partial charge on any atom is -0.381 e. The van der Waals surface area contributed by atoms with E-state index in [4.69, 9.17) is 10.5 Å². The molecule has 0 aliphatic carbocycles. The molecule has 0 bridgehead atoms. The Kier molecular flexibility index (Phi) is 6.99. The van der Waals surface area contributed by atoms with Crippen LogP contribution in [0.3, 0.4) is 0 Å². The zero-order valence-corrected chi connectivity index (χ0v) is 11.9. The Hall–Kier alpha value is -0.860. The summed E-state index contributed by atoms with van der Waals surface area (Å²) in [4.78, 5) is 0. The molecular weight excluding hydrogens is 222 g/mol. The number of ether oxygens (including phenoxy) is 1. The van der Waals surface area contributed by atoms with Crippen molar-refractivity contribution in [2.24, 2.45) is 17.6 Å². The van der Waals surface area contributed by atoms with E-state index in [1.807, 2.05) is 18.2 Å². The van der Waals surface area contributed by atoms with Crippen LogP contribution in [-0.2, 0) is 4.74 Å². The molecule has 1 aromatic carbocycles. The highest BCUT2D eigenvalue weighted by Crippen LogP contribution is 2.21. The largest absolute Gasteiger partial charge is 0.381 e. The third-order valence-electron chi connectivity index (χ3n) is 3.35. The van der Waals surface area contributed by atoms with Crippen LogP contribution in [0, 0.1) is 11.8 Å². The molecule has 2 unspecified atom stereocenters. The molecule has 0 spiro atoms. The Morgan fingerprint density at radius 2 is 1.61 bits per heavy atom. The van der Waals surface area contributed by atoms with E-state index in [0.717, 1.165) is 26.1 Å². The summed E-state index contributed by atoms with van der Waals surface area (Å²) in [6.45, 7) is 8.32. The Morgan fingerprint density at radius 3 is 2.22 bits per heavy atom. The Balaban J connectivity index is 2.22. The van der Waals surface area contributed by atoms with Crippen molar-refractivity contribution in [3.8, 4) is 0 Å². The van der Waals surface area contributed by atoms with Crippen molar-refractivity contribution in [2.45, 2.75) is 39.7 Å². The van der Waals surface area contributed by atoms with Gasteiger partial charge in [0.25, 0.3) is 0 Å². The predicted octanol–water partition coefficient (Wildman–Crippen LogP) is 3.78. The lowest BCUT2D eigenvalue weighted by Gasteiger charge is -2.20. The van der Waals surface area contributed by atoms with Gasteiger partial charge < -0.3 is 10.5 Å². The lowest BCUT2D eigenvalue weighted by molar-refractivity contribution is 0.109. The van der Waals surface area contributed by atoms with Gasteiger partial charge in [0.1, 0.15) is 0 Å². The van der Waals surface area contributed by atoms with Gasteiger partial charge in [-0.05, 0) is 30.2 Å². The molecule has 102 valence electrons. The first-order chi connectivity index (χ1) is 8.61.